The van der Waals surface area contributed by atoms with Gasteiger partial charge < -0.3 is 21.0 Å². The lowest BCUT2D eigenvalue weighted by Gasteiger charge is -2.36. The van der Waals surface area contributed by atoms with Crippen molar-refractivity contribution in [3.63, 3.8) is 0 Å². The fourth-order valence-corrected chi connectivity index (χ4v) is 2.41. The fourth-order valence-electron chi connectivity index (χ4n) is 2.41. The molecule has 1 saturated carbocycles. The summed E-state index contributed by atoms with van der Waals surface area (Å²) < 4.78 is 5.82. The Morgan fingerprint density at radius 3 is 2.82 bits per heavy atom. The van der Waals surface area contributed by atoms with E-state index < -0.39 is 0 Å². The average Bonchev–Trinajstić information content (AvgIpc) is 2.27. The molecular weight excluding hydrogens is 218 g/mol. The maximum Gasteiger partial charge on any atom is 0.0879 e. The summed E-state index contributed by atoms with van der Waals surface area (Å²) in [6.45, 7) is 4.72. The van der Waals surface area contributed by atoms with E-state index in [0.717, 1.165) is 19.3 Å². The van der Waals surface area contributed by atoms with E-state index >= 15 is 0 Å². The van der Waals surface area contributed by atoms with Gasteiger partial charge in [0.25, 0.3) is 0 Å². The van der Waals surface area contributed by atoms with Crippen LogP contribution in [0.25, 0.3) is 0 Å². The molecule has 0 heterocycles. The molecule has 0 aromatic rings. The summed E-state index contributed by atoms with van der Waals surface area (Å²) in [5.41, 5.74) is 8.67. The number of hydrazine groups is 1. The van der Waals surface area contributed by atoms with Gasteiger partial charge in [-0.1, -0.05) is 13.8 Å². The highest BCUT2D eigenvalue weighted by atomic mass is 16.5. The molecule has 0 saturated heterocycles. The third kappa shape index (κ3) is 4.53. The Labute approximate surface area is 103 Å². The van der Waals surface area contributed by atoms with E-state index in [-0.39, 0.29) is 12.2 Å². The van der Waals surface area contributed by atoms with Gasteiger partial charge in [-0.25, -0.2) is 0 Å². The van der Waals surface area contributed by atoms with E-state index in [1.165, 1.54) is 6.20 Å². The van der Waals surface area contributed by atoms with E-state index in [4.69, 9.17) is 16.3 Å². The first kappa shape index (κ1) is 14.3. The summed E-state index contributed by atoms with van der Waals surface area (Å²) in [6, 6.07) is 0. The van der Waals surface area contributed by atoms with Crippen LogP contribution in [-0.4, -0.2) is 23.9 Å². The third-order valence-corrected chi connectivity index (χ3v) is 3.40. The molecule has 0 amide bonds. The Hall–Kier alpha value is -0.780. The van der Waals surface area contributed by atoms with Crippen LogP contribution in [0.3, 0.4) is 0 Å². The maximum absolute atomic E-state index is 9.69. The predicted octanol–water partition coefficient (Wildman–Crippen LogP) is 0.452. The number of aliphatic hydroxyl groups is 1. The summed E-state index contributed by atoms with van der Waals surface area (Å²) in [5.74, 6) is 6.04. The lowest BCUT2D eigenvalue weighted by Crippen LogP contribution is -2.37. The Bertz CT molecular complexity index is 256. The molecule has 1 rings (SSSR count). The zero-order valence-electron chi connectivity index (χ0n) is 10.7. The molecular formula is C12H25N3O2. The van der Waals surface area contributed by atoms with Crippen LogP contribution in [0.4, 0.5) is 0 Å². The number of nitrogens with two attached hydrogens (primary N) is 2. The highest BCUT2D eigenvalue weighted by Gasteiger charge is 2.32. The predicted molar refractivity (Wildman–Crippen MR) is 67.5 cm³/mol. The molecule has 6 N–H and O–H groups in total. The minimum absolute atomic E-state index is 0.180. The minimum atomic E-state index is -0.180. The van der Waals surface area contributed by atoms with Crippen molar-refractivity contribution in [2.24, 2.45) is 23.4 Å². The molecule has 3 unspecified atom stereocenters. The molecule has 0 bridgehead atoms. The highest BCUT2D eigenvalue weighted by Crippen LogP contribution is 2.32. The monoisotopic (exact) mass is 243 g/mol. The van der Waals surface area contributed by atoms with Gasteiger partial charge in [-0.05, 0) is 31.1 Å². The summed E-state index contributed by atoms with van der Waals surface area (Å²) >= 11 is 0. The van der Waals surface area contributed by atoms with E-state index in [1.54, 1.807) is 0 Å². The van der Waals surface area contributed by atoms with Gasteiger partial charge in [-0.15, -0.1) is 0 Å². The first-order valence-corrected chi connectivity index (χ1v) is 6.25. The van der Waals surface area contributed by atoms with Crippen LogP contribution in [0.15, 0.2) is 11.9 Å². The molecule has 0 aromatic heterocycles. The van der Waals surface area contributed by atoms with E-state index in [9.17, 15) is 5.11 Å². The number of ether oxygens (including phenoxy) is 1. The average molecular weight is 243 g/mol. The minimum Gasteiger partial charge on any atom is -0.399 e. The molecule has 1 aliphatic rings. The molecule has 0 spiro atoms. The summed E-state index contributed by atoms with van der Waals surface area (Å²) in [4.78, 5) is 0. The van der Waals surface area contributed by atoms with E-state index in [2.05, 4.69) is 19.3 Å². The van der Waals surface area contributed by atoms with Gasteiger partial charge >= 0.3 is 0 Å². The van der Waals surface area contributed by atoms with Crippen LogP contribution < -0.4 is 17.0 Å². The number of hydrogen-bond acceptors (Lipinski definition) is 5. The molecule has 3 atom stereocenters. The van der Waals surface area contributed by atoms with Crippen LogP contribution in [0, 0.1) is 11.8 Å². The molecule has 5 heteroatoms. The van der Waals surface area contributed by atoms with Gasteiger partial charge in [0.15, 0.2) is 0 Å². The maximum atomic E-state index is 9.69. The normalized spacial score (nSPS) is 30.6. The molecule has 0 aromatic carbocycles. The lowest BCUT2D eigenvalue weighted by atomic mass is 9.78. The summed E-state index contributed by atoms with van der Waals surface area (Å²) in [5, 5.41) is 9.69. The van der Waals surface area contributed by atoms with Crippen molar-refractivity contribution in [3.05, 3.63) is 11.9 Å². The molecule has 1 fully saturated rings. The first-order chi connectivity index (χ1) is 8.04. The standard InChI is InChI=1S/C12H25N3O2/c1-8(2)11-5-10(16)3-4-12(11)17-7-9(13)6-15-14/h6,8,10-12,15-16H,3-5,7,13-14H2,1-2H3/b9-6-. The van der Waals surface area contributed by atoms with Crippen LogP contribution in [0.2, 0.25) is 0 Å². The Morgan fingerprint density at radius 1 is 1.53 bits per heavy atom. The molecule has 5 nitrogen and oxygen atoms in total. The first-order valence-electron chi connectivity index (χ1n) is 6.25. The van der Waals surface area contributed by atoms with Crippen molar-refractivity contribution < 1.29 is 9.84 Å². The van der Waals surface area contributed by atoms with Gasteiger partial charge in [0.1, 0.15) is 0 Å². The largest absolute Gasteiger partial charge is 0.399 e. The van der Waals surface area contributed by atoms with Crippen LogP contribution >= 0.6 is 0 Å². The summed E-state index contributed by atoms with van der Waals surface area (Å²) in [7, 11) is 0. The van der Waals surface area contributed by atoms with Gasteiger partial charge in [0, 0.05) is 6.20 Å². The Balaban J connectivity index is 2.47. The Morgan fingerprint density at radius 2 is 2.24 bits per heavy atom. The number of aliphatic hydroxyl groups excluding tert-OH is 1. The smallest absolute Gasteiger partial charge is 0.0879 e. The van der Waals surface area contributed by atoms with E-state index in [1.807, 2.05) is 0 Å². The molecule has 1 aliphatic carbocycles. The van der Waals surface area contributed by atoms with Gasteiger partial charge in [-0.2, -0.15) is 0 Å². The summed E-state index contributed by atoms with van der Waals surface area (Å²) in [6.07, 6.45) is 4.06. The van der Waals surface area contributed by atoms with Crippen molar-refractivity contribution in [2.75, 3.05) is 6.61 Å². The van der Waals surface area contributed by atoms with Gasteiger partial charge in [0.2, 0.25) is 0 Å². The number of hydrogen-bond donors (Lipinski definition) is 4. The highest BCUT2D eigenvalue weighted by molar-refractivity contribution is 4.94. The molecule has 0 aliphatic heterocycles. The molecule has 17 heavy (non-hydrogen) atoms. The van der Waals surface area contributed by atoms with Crippen LogP contribution in [-0.2, 0) is 4.74 Å². The van der Waals surface area contributed by atoms with Crippen molar-refractivity contribution in [1.82, 2.24) is 5.43 Å². The van der Waals surface area contributed by atoms with E-state index in [0.29, 0.717) is 24.1 Å². The molecule has 100 valence electrons. The zero-order valence-corrected chi connectivity index (χ0v) is 10.7. The van der Waals surface area contributed by atoms with Crippen molar-refractivity contribution in [3.8, 4) is 0 Å². The van der Waals surface area contributed by atoms with Crippen LogP contribution in [0.5, 0.6) is 0 Å². The van der Waals surface area contributed by atoms with Crippen LogP contribution in [0.1, 0.15) is 33.1 Å². The number of rotatable bonds is 5. The number of nitrogens with one attached hydrogen (secondary N) is 1. The third-order valence-electron chi connectivity index (χ3n) is 3.40. The second-order valence-electron chi connectivity index (χ2n) is 5.11. The quantitative estimate of drug-likeness (QED) is 0.415. The van der Waals surface area contributed by atoms with Crippen molar-refractivity contribution in [2.45, 2.75) is 45.3 Å². The van der Waals surface area contributed by atoms with Gasteiger partial charge in [-0.3, -0.25) is 5.84 Å². The second kappa shape index (κ2) is 6.83. The SMILES string of the molecule is CC(C)C1CC(O)CCC1OC/C(N)=C/NN. The topological polar surface area (TPSA) is 93.5 Å². The fraction of sp³-hybridized carbons (Fsp3) is 0.833. The second-order valence-corrected chi connectivity index (χ2v) is 5.11. The lowest BCUT2D eigenvalue weighted by molar-refractivity contribution is -0.0498. The van der Waals surface area contributed by atoms with Crippen molar-refractivity contribution in [1.29, 1.82) is 0 Å². The zero-order chi connectivity index (χ0) is 12.8. The van der Waals surface area contributed by atoms with Crippen molar-refractivity contribution >= 4 is 0 Å². The van der Waals surface area contributed by atoms with Gasteiger partial charge in [0.05, 0.1) is 24.5 Å². The molecule has 0 radical (unpaired) electrons. The Kier molecular flexibility index (Phi) is 5.74.